The Hall–Kier alpha value is -1.13. The number of rotatable bonds is 3. The summed E-state index contributed by atoms with van der Waals surface area (Å²) < 4.78 is 7.22. The van der Waals surface area contributed by atoms with E-state index in [4.69, 9.17) is 10.5 Å². The van der Waals surface area contributed by atoms with E-state index in [9.17, 15) is 0 Å². The van der Waals surface area contributed by atoms with E-state index in [1.807, 2.05) is 24.4 Å². The highest BCUT2D eigenvalue weighted by Crippen LogP contribution is 2.32. The molecule has 106 valence electrons. The molecule has 0 saturated heterocycles. The SMILES string of the molecule is NCC1CCC(Oc2ccnc3c(Br)cccc23)CC1. The predicted octanol–water partition coefficient (Wildman–Crippen LogP) is 3.89. The van der Waals surface area contributed by atoms with Crippen LogP contribution in [0.5, 0.6) is 5.75 Å². The van der Waals surface area contributed by atoms with Crippen LogP contribution in [0.4, 0.5) is 0 Å². The second kappa shape index (κ2) is 6.10. The van der Waals surface area contributed by atoms with E-state index in [1.165, 1.54) is 12.8 Å². The zero-order valence-electron chi connectivity index (χ0n) is 11.4. The molecule has 20 heavy (non-hydrogen) atoms. The molecule has 3 nitrogen and oxygen atoms in total. The van der Waals surface area contributed by atoms with Gasteiger partial charge in [0.1, 0.15) is 5.75 Å². The zero-order chi connectivity index (χ0) is 13.9. The number of fused-ring (bicyclic) bond motifs is 1. The molecular weight excluding hydrogens is 316 g/mol. The van der Waals surface area contributed by atoms with Crippen LogP contribution in [0.15, 0.2) is 34.9 Å². The number of aromatic nitrogens is 1. The molecule has 0 unspecified atom stereocenters. The molecule has 1 saturated carbocycles. The molecule has 0 aliphatic heterocycles. The number of hydrogen-bond donors (Lipinski definition) is 1. The molecule has 2 aromatic rings. The van der Waals surface area contributed by atoms with Crippen LogP contribution >= 0.6 is 15.9 Å². The molecule has 1 fully saturated rings. The Bertz CT molecular complexity index is 594. The normalized spacial score (nSPS) is 22.9. The van der Waals surface area contributed by atoms with Crippen LogP contribution in [0, 0.1) is 5.92 Å². The third kappa shape index (κ3) is 2.81. The highest BCUT2D eigenvalue weighted by atomic mass is 79.9. The number of pyridine rings is 1. The molecule has 0 amide bonds. The minimum atomic E-state index is 0.308. The van der Waals surface area contributed by atoms with Gasteiger partial charge in [-0.05, 0) is 72.3 Å². The highest BCUT2D eigenvalue weighted by molar-refractivity contribution is 9.10. The van der Waals surface area contributed by atoms with Crippen LogP contribution in [0.1, 0.15) is 25.7 Å². The Morgan fingerprint density at radius 1 is 1.20 bits per heavy atom. The Morgan fingerprint density at radius 3 is 2.75 bits per heavy atom. The summed E-state index contributed by atoms with van der Waals surface area (Å²) in [6.45, 7) is 0.803. The number of benzene rings is 1. The first-order chi connectivity index (χ1) is 9.78. The fourth-order valence-electron chi connectivity index (χ4n) is 2.88. The predicted molar refractivity (Wildman–Crippen MR) is 84.9 cm³/mol. The summed E-state index contributed by atoms with van der Waals surface area (Å²) >= 11 is 3.54. The largest absolute Gasteiger partial charge is 0.490 e. The molecular formula is C16H19BrN2O. The van der Waals surface area contributed by atoms with Crippen molar-refractivity contribution in [2.75, 3.05) is 6.54 Å². The Morgan fingerprint density at radius 2 is 2.00 bits per heavy atom. The summed E-state index contributed by atoms with van der Waals surface area (Å²) in [6.07, 6.45) is 6.66. The topological polar surface area (TPSA) is 48.1 Å². The number of nitrogens with two attached hydrogens (primary N) is 1. The van der Waals surface area contributed by atoms with Gasteiger partial charge < -0.3 is 10.5 Å². The van der Waals surface area contributed by atoms with Gasteiger partial charge in [0.25, 0.3) is 0 Å². The van der Waals surface area contributed by atoms with Crippen molar-refractivity contribution in [3.8, 4) is 5.75 Å². The van der Waals surface area contributed by atoms with Gasteiger partial charge in [0.15, 0.2) is 0 Å². The van der Waals surface area contributed by atoms with Crippen molar-refractivity contribution >= 4 is 26.8 Å². The zero-order valence-corrected chi connectivity index (χ0v) is 13.0. The van der Waals surface area contributed by atoms with Gasteiger partial charge in [0.2, 0.25) is 0 Å². The number of para-hydroxylation sites is 1. The standard InChI is InChI=1S/C16H19BrN2O/c17-14-3-1-2-13-15(8-9-19-16(13)14)20-12-6-4-11(10-18)5-7-12/h1-3,8-9,11-12H,4-7,10,18H2. The summed E-state index contributed by atoms with van der Waals surface area (Å²) in [5.41, 5.74) is 6.70. The van der Waals surface area contributed by atoms with E-state index in [2.05, 4.69) is 27.0 Å². The van der Waals surface area contributed by atoms with Crippen LogP contribution in [0.25, 0.3) is 10.9 Å². The van der Waals surface area contributed by atoms with E-state index < -0.39 is 0 Å². The van der Waals surface area contributed by atoms with Gasteiger partial charge in [-0.3, -0.25) is 4.98 Å². The number of ether oxygens (including phenoxy) is 1. The average molecular weight is 335 g/mol. The Labute approximate surface area is 127 Å². The minimum Gasteiger partial charge on any atom is -0.490 e. The first kappa shape index (κ1) is 13.8. The second-order valence-electron chi connectivity index (χ2n) is 5.44. The number of halogens is 1. The van der Waals surface area contributed by atoms with Crippen LogP contribution < -0.4 is 10.5 Å². The van der Waals surface area contributed by atoms with Crippen molar-refractivity contribution in [1.29, 1.82) is 0 Å². The Kier molecular flexibility index (Phi) is 4.22. The van der Waals surface area contributed by atoms with E-state index >= 15 is 0 Å². The maximum absolute atomic E-state index is 6.21. The molecule has 1 aromatic heterocycles. The van der Waals surface area contributed by atoms with E-state index in [-0.39, 0.29) is 0 Å². The number of nitrogens with zero attached hydrogens (tertiary/aromatic N) is 1. The lowest BCUT2D eigenvalue weighted by Gasteiger charge is -2.28. The average Bonchev–Trinajstić information content (AvgIpc) is 2.49. The molecule has 3 rings (SSSR count). The fourth-order valence-corrected chi connectivity index (χ4v) is 3.35. The van der Waals surface area contributed by atoms with Gasteiger partial charge in [-0.25, -0.2) is 0 Å². The summed E-state index contributed by atoms with van der Waals surface area (Å²) in [5, 5.41) is 1.07. The van der Waals surface area contributed by atoms with Crippen molar-refractivity contribution in [3.63, 3.8) is 0 Å². The molecule has 0 bridgehead atoms. The first-order valence-electron chi connectivity index (χ1n) is 7.18. The van der Waals surface area contributed by atoms with Gasteiger partial charge >= 0.3 is 0 Å². The minimum absolute atomic E-state index is 0.308. The molecule has 1 aromatic carbocycles. The van der Waals surface area contributed by atoms with Gasteiger partial charge in [0.05, 0.1) is 11.6 Å². The maximum Gasteiger partial charge on any atom is 0.130 e. The van der Waals surface area contributed by atoms with Gasteiger partial charge in [-0.1, -0.05) is 6.07 Å². The molecule has 0 spiro atoms. The van der Waals surface area contributed by atoms with Crippen molar-refractivity contribution < 1.29 is 4.74 Å². The van der Waals surface area contributed by atoms with Crippen LogP contribution in [0.3, 0.4) is 0 Å². The van der Waals surface area contributed by atoms with Crippen molar-refractivity contribution in [2.45, 2.75) is 31.8 Å². The van der Waals surface area contributed by atoms with E-state index in [0.717, 1.165) is 40.5 Å². The summed E-state index contributed by atoms with van der Waals surface area (Å²) in [7, 11) is 0. The molecule has 4 heteroatoms. The third-order valence-electron chi connectivity index (χ3n) is 4.10. The van der Waals surface area contributed by atoms with Crippen molar-refractivity contribution in [2.24, 2.45) is 11.7 Å². The summed E-state index contributed by atoms with van der Waals surface area (Å²) in [4.78, 5) is 4.42. The lowest BCUT2D eigenvalue weighted by Crippen LogP contribution is -2.27. The highest BCUT2D eigenvalue weighted by Gasteiger charge is 2.22. The molecule has 0 radical (unpaired) electrons. The summed E-state index contributed by atoms with van der Waals surface area (Å²) in [5.74, 6) is 1.62. The van der Waals surface area contributed by atoms with Crippen LogP contribution in [-0.2, 0) is 0 Å². The molecule has 2 N–H and O–H groups in total. The Balaban J connectivity index is 1.80. The van der Waals surface area contributed by atoms with Gasteiger partial charge in [0, 0.05) is 16.1 Å². The summed E-state index contributed by atoms with van der Waals surface area (Å²) in [6, 6.07) is 8.05. The lowest BCUT2D eigenvalue weighted by atomic mass is 9.87. The quantitative estimate of drug-likeness (QED) is 0.926. The lowest BCUT2D eigenvalue weighted by molar-refractivity contribution is 0.134. The third-order valence-corrected chi connectivity index (χ3v) is 4.74. The molecule has 1 aliphatic carbocycles. The molecule has 1 aliphatic rings. The van der Waals surface area contributed by atoms with Crippen molar-refractivity contribution in [1.82, 2.24) is 4.98 Å². The first-order valence-corrected chi connectivity index (χ1v) is 7.97. The molecule has 0 atom stereocenters. The monoisotopic (exact) mass is 334 g/mol. The smallest absolute Gasteiger partial charge is 0.130 e. The van der Waals surface area contributed by atoms with Crippen molar-refractivity contribution in [3.05, 3.63) is 34.9 Å². The fraction of sp³-hybridized carbons (Fsp3) is 0.438. The van der Waals surface area contributed by atoms with E-state index in [0.29, 0.717) is 12.0 Å². The molecule has 1 heterocycles. The van der Waals surface area contributed by atoms with E-state index in [1.54, 1.807) is 0 Å². The number of hydrogen-bond acceptors (Lipinski definition) is 3. The maximum atomic E-state index is 6.21. The second-order valence-corrected chi connectivity index (χ2v) is 6.30. The van der Waals surface area contributed by atoms with Crippen LogP contribution in [-0.4, -0.2) is 17.6 Å². The van der Waals surface area contributed by atoms with Gasteiger partial charge in [-0.2, -0.15) is 0 Å². The van der Waals surface area contributed by atoms with Gasteiger partial charge in [-0.15, -0.1) is 0 Å². The van der Waals surface area contributed by atoms with Crippen LogP contribution in [0.2, 0.25) is 0 Å².